The summed E-state index contributed by atoms with van der Waals surface area (Å²) in [7, 11) is 3.95. The lowest BCUT2D eigenvalue weighted by atomic mass is 10.0. The van der Waals surface area contributed by atoms with Crippen LogP contribution in [0.25, 0.3) is 0 Å². The molecule has 1 aromatic carbocycles. The molecular formula is C22H31N5OS. The molecular weight excluding hydrogens is 382 g/mol. The van der Waals surface area contributed by atoms with Crippen molar-refractivity contribution in [2.24, 2.45) is 12.8 Å². The first-order chi connectivity index (χ1) is 14.1. The van der Waals surface area contributed by atoms with Gasteiger partial charge in [-0.3, -0.25) is 9.48 Å². The normalized spacial score (nSPS) is 14.6. The number of amides is 1. The molecule has 0 saturated carbocycles. The van der Waals surface area contributed by atoms with Crippen LogP contribution in [0.1, 0.15) is 30.0 Å². The predicted octanol–water partition coefficient (Wildman–Crippen LogP) is 3.17. The Hall–Kier alpha value is -2.51. The van der Waals surface area contributed by atoms with Gasteiger partial charge in [0.2, 0.25) is 6.41 Å². The number of carbonyl (C=O) groups excluding carboxylic acids is 1. The number of aryl methyl sites for hydroxylation is 2. The van der Waals surface area contributed by atoms with E-state index in [0.717, 1.165) is 32.4 Å². The monoisotopic (exact) mass is 413 g/mol. The number of carbonyl (C=O) groups is 1. The number of hydrogen-bond donors (Lipinski definition) is 2. The van der Waals surface area contributed by atoms with Crippen molar-refractivity contribution in [1.82, 2.24) is 19.4 Å². The topological polar surface area (TPSA) is 76.2 Å². The number of nitrogens with two attached hydrogens (primary N) is 1. The molecule has 0 saturated heterocycles. The van der Waals surface area contributed by atoms with E-state index in [2.05, 4.69) is 70.0 Å². The lowest BCUT2D eigenvalue weighted by Gasteiger charge is -2.28. The van der Waals surface area contributed by atoms with E-state index in [4.69, 9.17) is 4.79 Å². The molecule has 1 amide bonds. The number of nitrogens with zero attached hydrogens (tertiary/aromatic N) is 3. The van der Waals surface area contributed by atoms with Crippen LogP contribution in [0, 0.1) is 0 Å². The fraction of sp³-hybridized carbons (Fsp3) is 0.364. The van der Waals surface area contributed by atoms with Gasteiger partial charge >= 0.3 is 0 Å². The van der Waals surface area contributed by atoms with E-state index in [1.165, 1.54) is 27.3 Å². The van der Waals surface area contributed by atoms with Gasteiger partial charge in [-0.05, 0) is 60.9 Å². The van der Waals surface area contributed by atoms with Crippen molar-refractivity contribution < 1.29 is 4.79 Å². The summed E-state index contributed by atoms with van der Waals surface area (Å²) in [5.74, 6) is 0. The van der Waals surface area contributed by atoms with E-state index in [-0.39, 0.29) is 6.41 Å². The Balaban J connectivity index is 0.000000941. The van der Waals surface area contributed by atoms with Crippen molar-refractivity contribution in [3.8, 4) is 0 Å². The first-order valence-corrected chi connectivity index (χ1v) is 10.5. The second-order valence-corrected chi connectivity index (χ2v) is 7.95. The molecule has 2 heterocycles. The van der Waals surface area contributed by atoms with Crippen LogP contribution in [-0.2, 0) is 31.2 Å². The third-order valence-corrected chi connectivity index (χ3v) is 5.90. The summed E-state index contributed by atoms with van der Waals surface area (Å²) in [6, 6.07) is 8.79. The summed E-state index contributed by atoms with van der Waals surface area (Å²) in [6.07, 6.45) is 12.0. The lowest BCUT2D eigenvalue weighted by molar-refractivity contribution is -0.106. The number of fused-ring (bicyclic) bond motifs is 1. The van der Waals surface area contributed by atoms with Gasteiger partial charge in [0.15, 0.2) is 0 Å². The van der Waals surface area contributed by atoms with Crippen molar-refractivity contribution in [1.29, 1.82) is 0 Å². The predicted molar refractivity (Wildman–Crippen MR) is 121 cm³/mol. The fourth-order valence-electron chi connectivity index (χ4n) is 3.08. The number of allylic oxidation sites excluding steroid dienone is 3. The van der Waals surface area contributed by atoms with E-state index in [0.29, 0.717) is 0 Å². The minimum absolute atomic E-state index is 0.250. The number of benzene rings is 1. The molecule has 1 aliphatic heterocycles. The van der Waals surface area contributed by atoms with E-state index < -0.39 is 0 Å². The van der Waals surface area contributed by atoms with Gasteiger partial charge in [-0.15, -0.1) is 0 Å². The smallest absolute Gasteiger partial charge is 0.204 e. The molecule has 29 heavy (non-hydrogen) atoms. The summed E-state index contributed by atoms with van der Waals surface area (Å²) < 4.78 is 4.32. The Morgan fingerprint density at radius 1 is 1.34 bits per heavy atom. The Bertz CT molecular complexity index is 843. The maximum atomic E-state index is 8.58. The molecule has 1 aromatic heterocycles. The maximum Gasteiger partial charge on any atom is 0.204 e. The van der Waals surface area contributed by atoms with E-state index in [1.54, 1.807) is 0 Å². The van der Waals surface area contributed by atoms with E-state index in [1.807, 2.05) is 36.9 Å². The summed E-state index contributed by atoms with van der Waals surface area (Å²) in [6.45, 7) is 4.24. The molecule has 156 valence electrons. The molecule has 0 bridgehead atoms. The summed E-state index contributed by atoms with van der Waals surface area (Å²) >= 11 is 1.86. The molecule has 3 N–H and O–H groups in total. The minimum Gasteiger partial charge on any atom is -0.391 e. The van der Waals surface area contributed by atoms with Crippen molar-refractivity contribution in [3.05, 3.63) is 76.1 Å². The average molecular weight is 414 g/mol. The summed E-state index contributed by atoms with van der Waals surface area (Å²) in [5, 5.41) is 7.53. The molecule has 0 unspecified atom stereocenters. The van der Waals surface area contributed by atoms with Crippen molar-refractivity contribution >= 4 is 18.4 Å². The van der Waals surface area contributed by atoms with Crippen molar-refractivity contribution in [2.75, 3.05) is 13.6 Å². The highest BCUT2D eigenvalue weighted by atomic mass is 32.2. The molecule has 0 spiro atoms. The van der Waals surface area contributed by atoms with Gasteiger partial charge in [-0.1, -0.05) is 30.3 Å². The third-order valence-electron chi connectivity index (χ3n) is 4.69. The molecule has 3 rings (SSSR count). The van der Waals surface area contributed by atoms with Gasteiger partial charge in [0.1, 0.15) is 0 Å². The highest BCUT2D eigenvalue weighted by molar-refractivity contribution is 8.01. The Kier molecular flexibility index (Phi) is 9.53. The molecule has 0 radical (unpaired) electrons. The van der Waals surface area contributed by atoms with Crippen LogP contribution < -0.4 is 11.1 Å². The summed E-state index contributed by atoms with van der Waals surface area (Å²) in [4.78, 5) is 9.87. The van der Waals surface area contributed by atoms with Gasteiger partial charge in [0.25, 0.3) is 0 Å². The van der Waals surface area contributed by atoms with E-state index >= 15 is 0 Å². The second-order valence-electron chi connectivity index (χ2n) is 6.81. The highest BCUT2D eigenvalue weighted by Gasteiger charge is 2.17. The largest absolute Gasteiger partial charge is 0.391 e. The third kappa shape index (κ3) is 7.44. The quantitative estimate of drug-likeness (QED) is 0.414. The molecule has 0 aliphatic carbocycles. The molecule has 0 atom stereocenters. The van der Waals surface area contributed by atoms with Gasteiger partial charge in [-0.2, -0.15) is 5.10 Å². The van der Waals surface area contributed by atoms with Crippen LogP contribution in [0.3, 0.4) is 0 Å². The molecule has 1 aliphatic rings. The van der Waals surface area contributed by atoms with Gasteiger partial charge in [-0.25, -0.2) is 4.31 Å². The molecule has 7 heteroatoms. The zero-order valence-corrected chi connectivity index (χ0v) is 18.3. The average Bonchev–Trinajstić information content (AvgIpc) is 3.15. The number of rotatable bonds is 7. The first kappa shape index (κ1) is 22.8. The van der Waals surface area contributed by atoms with E-state index in [9.17, 15) is 0 Å². The maximum absolute atomic E-state index is 8.58. The number of hydrogen-bond acceptors (Lipinski definition) is 5. The number of nitrogens with one attached hydrogen (secondary N) is 1. The van der Waals surface area contributed by atoms with Crippen LogP contribution in [0.4, 0.5) is 0 Å². The van der Waals surface area contributed by atoms with Gasteiger partial charge < -0.3 is 11.1 Å². The van der Waals surface area contributed by atoms with Crippen LogP contribution in [0.2, 0.25) is 0 Å². The zero-order valence-electron chi connectivity index (χ0n) is 17.5. The van der Waals surface area contributed by atoms with Crippen LogP contribution in [0.15, 0.2) is 59.4 Å². The van der Waals surface area contributed by atoms with Gasteiger partial charge in [0.05, 0.1) is 6.20 Å². The Labute approximate surface area is 178 Å². The Morgan fingerprint density at radius 2 is 2.07 bits per heavy atom. The summed E-state index contributed by atoms with van der Waals surface area (Å²) in [5.41, 5.74) is 9.61. The van der Waals surface area contributed by atoms with Crippen LogP contribution in [-0.4, -0.2) is 34.1 Å². The Morgan fingerprint density at radius 3 is 2.72 bits per heavy atom. The molecule has 2 aromatic rings. The highest BCUT2D eigenvalue weighted by Crippen LogP contribution is 2.30. The SMILES string of the molecule is CN/C(C)=C(\C=C\CCc1cnn(C)c1)SN1CCc2ccccc2C1.NC=O. The van der Waals surface area contributed by atoms with Crippen LogP contribution in [0.5, 0.6) is 0 Å². The molecule has 6 nitrogen and oxygen atoms in total. The zero-order chi connectivity index (χ0) is 21.1. The standard InChI is InChI=1S/C21H28N4S.CH3NO/c1-17(22-2)21(11-7-4-8-18-14-23-24(3)15-18)26-25-13-12-19-9-5-6-10-20(19)16-25;2-1-3/h5-7,9-11,14-15,22H,4,8,12-13,16H2,1-3H3;1H,(H2,2,3)/b11-7+,21-17+;. The number of primary amides is 1. The first-order valence-electron chi connectivity index (χ1n) is 9.75. The van der Waals surface area contributed by atoms with Crippen molar-refractivity contribution in [3.63, 3.8) is 0 Å². The van der Waals surface area contributed by atoms with Crippen molar-refractivity contribution in [2.45, 2.75) is 32.7 Å². The minimum atomic E-state index is 0.250. The second kappa shape index (κ2) is 12.1. The number of aromatic nitrogens is 2. The fourth-order valence-corrected chi connectivity index (χ4v) is 4.14. The van der Waals surface area contributed by atoms with Gasteiger partial charge in [0, 0.05) is 44.0 Å². The lowest BCUT2D eigenvalue weighted by Crippen LogP contribution is -2.25. The molecule has 0 fully saturated rings. The van der Waals surface area contributed by atoms with Crippen LogP contribution >= 0.6 is 11.9 Å².